The monoisotopic (exact) mass is 296 g/mol. The molecule has 2 aromatic carbocycles. The second kappa shape index (κ2) is 5.44. The van der Waals surface area contributed by atoms with Gasteiger partial charge in [0.1, 0.15) is 17.3 Å². The minimum atomic E-state index is -0.561. The standard InChI is InChI=1S/C17H13FN2O2/c1-20-15-9-5-4-8-13(15)19-14(17(20)22)10-16(21)11-6-2-3-7-12(11)18/h2-10,21H,1H3/b16-10-. The molecule has 1 N–H and O–H groups in total. The van der Waals surface area contributed by atoms with Gasteiger partial charge in [-0.3, -0.25) is 4.79 Å². The molecule has 0 aliphatic heterocycles. The second-order valence-corrected chi connectivity index (χ2v) is 4.86. The third-order valence-electron chi connectivity index (χ3n) is 3.43. The van der Waals surface area contributed by atoms with Crippen molar-refractivity contribution in [3.05, 3.63) is 76.0 Å². The molecule has 0 saturated carbocycles. The number of hydrogen-bond donors (Lipinski definition) is 1. The molecule has 0 aliphatic rings. The van der Waals surface area contributed by atoms with E-state index in [0.717, 1.165) is 0 Å². The van der Waals surface area contributed by atoms with E-state index in [1.807, 2.05) is 12.1 Å². The van der Waals surface area contributed by atoms with E-state index in [4.69, 9.17) is 0 Å². The van der Waals surface area contributed by atoms with Crippen LogP contribution in [0.1, 0.15) is 11.3 Å². The average molecular weight is 296 g/mol. The summed E-state index contributed by atoms with van der Waals surface area (Å²) in [6.07, 6.45) is 1.19. The SMILES string of the molecule is Cn1c(=O)c(/C=C(\O)c2ccccc2F)nc2ccccc21. The van der Waals surface area contributed by atoms with Crippen LogP contribution in [0.5, 0.6) is 0 Å². The van der Waals surface area contributed by atoms with Crippen LogP contribution in [0.4, 0.5) is 4.39 Å². The first-order valence-corrected chi connectivity index (χ1v) is 6.69. The Morgan fingerprint density at radius 2 is 1.86 bits per heavy atom. The fourth-order valence-corrected chi connectivity index (χ4v) is 2.27. The number of nitrogens with zero attached hydrogens (tertiary/aromatic N) is 2. The van der Waals surface area contributed by atoms with Gasteiger partial charge in [-0.15, -0.1) is 0 Å². The van der Waals surface area contributed by atoms with Crippen LogP contribution in [-0.2, 0) is 7.05 Å². The number of aliphatic hydroxyl groups excluding tert-OH is 1. The zero-order valence-corrected chi connectivity index (χ0v) is 11.8. The zero-order chi connectivity index (χ0) is 15.7. The lowest BCUT2D eigenvalue weighted by Gasteiger charge is -2.06. The molecule has 0 fully saturated rings. The van der Waals surface area contributed by atoms with E-state index in [9.17, 15) is 14.3 Å². The highest BCUT2D eigenvalue weighted by atomic mass is 19.1. The van der Waals surface area contributed by atoms with Gasteiger partial charge in [0.2, 0.25) is 0 Å². The topological polar surface area (TPSA) is 55.1 Å². The maximum Gasteiger partial charge on any atom is 0.276 e. The Balaban J connectivity index is 2.19. The zero-order valence-electron chi connectivity index (χ0n) is 11.8. The summed E-state index contributed by atoms with van der Waals surface area (Å²) in [5, 5.41) is 10.1. The lowest BCUT2D eigenvalue weighted by Crippen LogP contribution is -2.21. The van der Waals surface area contributed by atoms with E-state index in [0.29, 0.717) is 11.0 Å². The fourth-order valence-electron chi connectivity index (χ4n) is 2.27. The molecule has 3 aromatic rings. The fraction of sp³-hybridized carbons (Fsp3) is 0.0588. The van der Waals surface area contributed by atoms with Gasteiger partial charge in [0.05, 0.1) is 16.6 Å². The van der Waals surface area contributed by atoms with Gasteiger partial charge in [0.15, 0.2) is 0 Å². The summed E-state index contributed by atoms with van der Waals surface area (Å²) >= 11 is 0. The summed E-state index contributed by atoms with van der Waals surface area (Å²) in [6, 6.07) is 13.0. The highest BCUT2D eigenvalue weighted by molar-refractivity contribution is 5.79. The lowest BCUT2D eigenvalue weighted by atomic mass is 10.1. The Labute approximate surface area is 125 Å². The first-order chi connectivity index (χ1) is 10.6. The van der Waals surface area contributed by atoms with Gasteiger partial charge in [0.25, 0.3) is 5.56 Å². The van der Waals surface area contributed by atoms with Crippen molar-refractivity contribution < 1.29 is 9.50 Å². The summed E-state index contributed by atoms with van der Waals surface area (Å²) < 4.78 is 15.1. The van der Waals surface area contributed by atoms with Crippen molar-refractivity contribution >= 4 is 22.9 Å². The van der Waals surface area contributed by atoms with Crippen LogP contribution < -0.4 is 5.56 Å². The molecular formula is C17H13FN2O2. The van der Waals surface area contributed by atoms with Crippen LogP contribution in [0.2, 0.25) is 0 Å². The van der Waals surface area contributed by atoms with E-state index in [-0.39, 0.29) is 22.6 Å². The largest absolute Gasteiger partial charge is 0.507 e. The van der Waals surface area contributed by atoms with Crippen molar-refractivity contribution in [3.63, 3.8) is 0 Å². The van der Waals surface area contributed by atoms with Crippen molar-refractivity contribution in [3.8, 4) is 0 Å². The highest BCUT2D eigenvalue weighted by Crippen LogP contribution is 2.18. The molecule has 0 amide bonds. The Kier molecular flexibility index (Phi) is 3.47. The number of aryl methyl sites for hydroxylation is 1. The molecular weight excluding hydrogens is 283 g/mol. The summed E-state index contributed by atoms with van der Waals surface area (Å²) in [6.45, 7) is 0. The number of halogens is 1. The number of para-hydroxylation sites is 2. The van der Waals surface area contributed by atoms with Crippen molar-refractivity contribution in [2.45, 2.75) is 0 Å². The molecule has 0 spiro atoms. The predicted octanol–water partition coefficient (Wildman–Crippen LogP) is 3.13. The van der Waals surface area contributed by atoms with Crippen LogP contribution in [0.15, 0.2) is 53.3 Å². The van der Waals surface area contributed by atoms with E-state index >= 15 is 0 Å². The van der Waals surface area contributed by atoms with Gasteiger partial charge < -0.3 is 9.67 Å². The quantitative estimate of drug-likeness (QED) is 0.739. The third kappa shape index (κ3) is 2.37. The predicted molar refractivity (Wildman–Crippen MR) is 83.9 cm³/mol. The first kappa shape index (κ1) is 14.0. The van der Waals surface area contributed by atoms with Gasteiger partial charge in [-0.05, 0) is 24.3 Å². The molecule has 0 atom stereocenters. The van der Waals surface area contributed by atoms with E-state index < -0.39 is 5.82 Å². The molecule has 22 heavy (non-hydrogen) atoms. The Bertz CT molecular complexity index is 945. The molecule has 1 aromatic heterocycles. The minimum Gasteiger partial charge on any atom is -0.507 e. The molecule has 1 heterocycles. The van der Waals surface area contributed by atoms with Crippen LogP contribution in [0.25, 0.3) is 22.9 Å². The average Bonchev–Trinajstić information content (AvgIpc) is 2.52. The Morgan fingerprint density at radius 1 is 1.18 bits per heavy atom. The highest BCUT2D eigenvalue weighted by Gasteiger charge is 2.10. The summed E-state index contributed by atoms with van der Waals surface area (Å²) in [4.78, 5) is 16.5. The van der Waals surface area contributed by atoms with E-state index in [1.165, 1.54) is 28.8 Å². The van der Waals surface area contributed by atoms with E-state index in [2.05, 4.69) is 4.98 Å². The maximum atomic E-state index is 13.7. The molecule has 0 saturated heterocycles. The van der Waals surface area contributed by atoms with Gasteiger partial charge in [0, 0.05) is 13.1 Å². The summed E-state index contributed by atoms with van der Waals surface area (Å²) in [5.41, 5.74) is 1.04. The molecule has 110 valence electrons. The van der Waals surface area contributed by atoms with Crippen molar-refractivity contribution in [2.24, 2.45) is 7.05 Å². The van der Waals surface area contributed by atoms with Crippen LogP contribution in [0, 0.1) is 5.82 Å². The Hall–Kier alpha value is -2.95. The first-order valence-electron chi connectivity index (χ1n) is 6.69. The van der Waals surface area contributed by atoms with E-state index in [1.54, 1.807) is 25.2 Å². The number of aromatic nitrogens is 2. The van der Waals surface area contributed by atoms with Crippen LogP contribution >= 0.6 is 0 Å². The molecule has 5 heteroatoms. The summed E-state index contributed by atoms with van der Waals surface area (Å²) in [5.74, 6) is -0.896. The maximum absolute atomic E-state index is 13.7. The number of fused-ring (bicyclic) bond motifs is 1. The van der Waals surface area contributed by atoms with Gasteiger partial charge >= 0.3 is 0 Å². The van der Waals surface area contributed by atoms with Crippen molar-refractivity contribution in [1.82, 2.24) is 9.55 Å². The molecule has 4 nitrogen and oxygen atoms in total. The van der Waals surface area contributed by atoms with Crippen LogP contribution in [-0.4, -0.2) is 14.7 Å². The minimum absolute atomic E-state index is 0.0273. The van der Waals surface area contributed by atoms with Crippen LogP contribution in [0.3, 0.4) is 0 Å². The smallest absolute Gasteiger partial charge is 0.276 e. The molecule has 0 radical (unpaired) electrons. The second-order valence-electron chi connectivity index (χ2n) is 4.86. The normalized spacial score (nSPS) is 11.8. The summed E-state index contributed by atoms with van der Waals surface area (Å²) in [7, 11) is 1.63. The molecule has 0 unspecified atom stereocenters. The molecule has 0 aliphatic carbocycles. The van der Waals surface area contributed by atoms with Gasteiger partial charge in [-0.1, -0.05) is 24.3 Å². The van der Waals surface area contributed by atoms with Crippen molar-refractivity contribution in [1.29, 1.82) is 0 Å². The van der Waals surface area contributed by atoms with Gasteiger partial charge in [-0.25, -0.2) is 9.37 Å². The number of aliphatic hydroxyl groups is 1. The number of benzene rings is 2. The number of rotatable bonds is 2. The Morgan fingerprint density at radius 3 is 2.64 bits per heavy atom. The molecule has 3 rings (SSSR count). The van der Waals surface area contributed by atoms with Gasteiger partial charge in [-0.2, -0.15) is 0 Å². The third-order valence-corrected chi connectivity index (χ3v) is 3.43. The number of hydrogen-bond acceptors (Lipinski definition) is 3. The molecule has 0 bridgehead atoms. The van der Waals surface area contributed by atoms with Crippen molar-refractivity contribution in [2.75, 3.05) is 0 Å². The lowest BCUT2D eigenvalue weighted by molar-refractivity contribution is 0.505.